The summed E-state index contributed by atoms with van der Waals surface area (Å²) >= 11 is 0. The summed E-state index contributed by atoms with van der Waals surface area (Å²) in [5, 5.41) is 7.62. The third kappa shape index (κ3) is 4.36. The molecule has 148 valence electrons. The molecular weight excluding hydrogens is 359 g/mol. The second-order valence-corrected chi connectivity index (χ2v) is 6.26. The Bertz CT molecular complexity index is 968. The molecule has 0 aliphatic carbocycles. The highest BCUT2D eigenvalue weighted by Gasteiger charge is 2.10. The Balaban J connectivity index is 1.57. The van der Waals surface area contributed by atoms with Gasteiger partial charge in [0.25, 0.3) is 0 Å². The first-order valence-corrected chi connectivity index (χ1v) is 9.06. The summed E-state index contributed by atoms with van der Waals surface area (Å²) in [7, 11) is 4.97. The van der Waals surface area contributed by atoms with Gasteiger partial charge in [-0.3, -0.25) is 4.99 Å². The van der Waals surface area contributed by atoms with Gasteiger partial charge in [0, 0.05) is 42.8 Å². The summed E-state index contributed by atoms with van der Waals surface area (Å²) in [5.74, 6) is 1.85. The van der Waals surface area contributed by atoms with Crippen LogP contribution in [0.15, 0.2) is 47.6 Å². The zero-order chi connectivity index (χ0) is 19.9. The Morgan fingerprint density at radius 2 is 1.96 bits per heavy atom. The van der Waals surface area contributed by atoms with Crippen LogP contribution in [0.1, 0.15) is 11.1 Å². The van der Waals surface area contributed by atoms with Crippen LogP contribution in [0.4, 0.5) is 4.39 Å². The highest BCUT2D eigenvalue weighted by atomic mass is 19.1. The largest absolute Gasteiger partial charge is 0.493 e. The van der Waals surface area contributed by atoms with E-state index in [2.05, 4.69) is 20.6 Å². The first kappa shape index (κ1) is 19.5. The number of para-hydroxylation sites is 1. The van der Waals surface area contributed by atoms with Crippen LogP contribution in [0, 0.1) is 5.82 Å². The van der Waals surface area contributed by atoms with Crippen molar-refractivity contribution in [3.05, 3.63) is 59.5 Å². The van der Waals surface area contributed by atoms with Gasteiger partial charge < -0.3 is 25.1 Å². The van der Waals surface area contributed by atoms with Gasteiger partial charge >= 0.3 is 0 Å². The summed E-state index contributed by atoms with van der Waals surface area (Å²) in [5.41, 5.74) is 2.92. The number of halogens is 1. The quantitative estimate of drug-likeness (QED) is 0.432. The molecule has 3 aromatic rings. The van der Waals surface area contributed by atoms with Gasteiger partial charge in [0.2, 0.25) is 0 Å². The van der Waals surface area contributed by atoms with Gasteiger partial charge in [0.1, 0.15) is 5.82 Å². The van der Waals surface area contributed by atoms with Crippen molar-refractivity contribution in [2.75, 3.05) is 27.8 Å². The van der Waals surface area contributed by atoms with Gasteiger partial charge in [-0.1, -0.05) is 12.1 Å². The van der Waals surface area contributed by atoms with Crippen molar-refractivity contribution >= 4 is 16.9 Å². The van der Waals surface area contributed by atoms with Gasteiger partial charge in [0.05, 0.1) is 14.2 Å². The monoisotopic (exact) mass is 384 g/mol. The fraction of sp³-hybridized carbons (Fsp3) is 0.286. The molecular formula is C21H25FN4O2. The lowest BCUT2D eigenvalue weighted by Gasteiger charge is -2.15. The van der Waals surface area contributed by atoms with Gasteiger partial charge in [-0.15, -0.1) is 0 Å². The Kier molecular flexibility index (Phi) is 6.37. The first-order valence-electron chi connectivity index (χ1n) is 9.06. The van der Waals surface area contributed by atoms with Gasteiger partial charge in [-0.2, -0.15) is 0 Å². The van der Waals surface area contributed by atoms with Gasteiger partial charge in [0.15, 0.2) is 17.5 Å². The number of guanidine groups is 1. The molecule has 0 saturated carbocycles. The van der Waals surface area contributed by atoms with Crippen molar-refractivity contribution in [1.82, 2.24) is 15.6 Å². The number of aromatic nitrogens is 1. The highest BCUT2D eigenvalue weighted by molar-refractivity contribution is 5.83. The summed E-state index contributed by atoms with van der Waals surface area (Å²) in [6.45, 7) is 1.24. The number of hydrogen-bond donors (Lipinski definition) is 3. The molecule has 28 heavy (non-hydrogen) atoms. The summed E-state index contributed by atoms with van der Waals surface area (Å²) in [4.78, 5) is 7.37. The molecule has 0 atom stereocenters. The summed E-state index contributed by atoms with van der Waals surface area (Å²) < 4.78 is 24.1. The molecule has 6 nitrogen and oxygen atoms in total. The predicted molar refractivity (Wildman–Crippen MR) is 110 cm³/mol. The van der Waals surface area contributed by atoms with E-state index in [-0.39, 0.29) is 5.82 Å². The van der Waals surface area contributed by atoms with Crippen LogP contribution in [0.2, 0.25) is 0 Å². The molecule has 0 bridgehead atoms. The fourth-order valence-corrected chi connectivity index (χ4v) is 3.17. The Morgan fingerprint density at radius 3 is 2.71 bits per heavy atom. The zero-order valence-corrected chi connectivity index (χ0v) is 16.3. The van der Waals surface area contributed by atoms with Gasteiger partial charge in [-0.25, -0.2) is 4.39 Å². The molecule has 0 saturated heterocycles. The molecule has 0 aliphatic rings. The number of nitrogens with zero attached hydrogens (tertiary/aromatic N) is 1. The van der Waals surface area contributed by atoms with Crippen LogP contribution in [-0.4, -0.2) is 38.8 Å². The number of aliphatic imine (C=N–C) groups is 1. The Labute approximate surface area is 163 Å². The van der Waals surface area contributed by atoms with E-state index in [1.807, 2.05) is 24.4 Å². The minimum Gasteiger partial charge on any atom is -0.493 e. The summed E-state index contributed by atoms with van der Waals surface area (Å²) in [6.07, 6.45) is 2.71. The normalized spacial score (nSPS) is 11.5. The van der Waals surface area contributed by atoms with Crippen molar-refractivity contribution in [3.8, 4) is 11.5 Å². The van der Waals surface area contributed by atoms with Crippen molar-refractivity contribution < 1.29 is 13.9 Å². The third-order valence-electron chi connectivity index (χ3n) is 4.57. The van der Waals surface area contributed by atoms with E-state index in [4.69, 9.17) is 9.47 Å². The number of benzene rings is 2. The molecule has 0 radical (unpaired) electrons. The molecule has 1 heterocycles. The highest BCUT2D eigenvalue weighted by Crippen LogP contribution is 2.30. The fourth-order valence-electron chi connectivity index (χ4n) is 3.17. The second kappa shape index (κ2) is 9.12. The third-order valence-corrected chi connectivity index (χ3v) is 4.57. The molecule has 0 fully saturated rings. The average Bonchev–Trinajstić information content (AvgIpc) is 3.11. The first-order chi connectivity index (χ1) is 13.7. The number of methoxy groups -OCH3 is 2. The van der Waals surface area contributed by atoms with Crippen molar-refractivity contribution in [2.45, 2.75) is 13.0 Å². The minimum atomic E-state index is -0.239. The minimum absolute atomic E-state index is 0.239. The number of aromatic amines is 1. The molecule has 0 amide bonds. The van der Waals surface area contributed by atoms with E-state index in [1.54, 1.807) is 27.3 Å². The number of fused-ring (bicyclic) bond motifs is 1. The maximum absolute atomic E-state index is 13.3. The maximum Gasteiger partial charge on any atom is 0.191 e. The standard InChI is InChI=1S/C21H25FN4O2/c1-23-21(26-13-15-5-4-6-19(27-2)20(15)28-3)24-10-9-14-12-25-18-11-16(22)7-8-17(14)18/h4-8,11-12,25H,9-10,13H2,1-3H3,(H2,23,24,26). The SMILES string of the molecule is CN=C(NCCc1c[nH]c2cc(F)ccc12)NCc1cccc(OC)c1OC. The predicted octanol–water partition coefficient (Wildman–Crippen LogP) is 3.23. The molecule has 3 N–H and O–H groups in total. The molecule has 0 spiro atoms. The van der Waals surface area contributed by atoms with Crippen LogP contribution in [0.5, 0.6) is 11.5 Å². The number of nitrogens with one attached hydrogen (secondary N) is 3. The van der Waals surface area contributed by atoms with E-state index in [1.165, 1.54) is 12.1 Å². The topological polar surface area (TPSA) is 70.7 Å². The lowest BCUT2D eigenvalue weighted by Crippen LogP contribution is -2.37. The number of rotatable bonds is 7. The molecule has 2 aromatic carbocycles. The van der Waals surface area contributed by atoms with Crippen LogP contribution in [0.25, 0.3) is 10.9 Å². The van der Waals surface area contributed by atoms with E-state index in [0.717, 1.165) is 28.5 Å². The van der Waals surface area contributed by atoms with E-state index in [9.17, 15) is 4.39 Å². The maximum atomic E-state index is 13.3. The Morgan fingerprint density at radius 1 is 1.11 bits per heavy atom. The number of hydrogen-bond acceptors (Lipinski definition) is 3. The lowest BCUT2D eigenvalue weighted by atomic mass is 10.1. The molecule has 1 aromatic heterocycles. The van der Waals surface area contributed by atoms with Gasteiger partial charge in [-0.05, 0) is 36.2 Å². The number of H-pyrrole nitrogens is 1. The molecule has 0 unspecified atom stereocenters. The van der Waals surface area contributed by atoms with E-state index < -0.39 is 0 Å². The zero-order valence-electron chi connectivity index (χ0n) is 16.3. The van der Waals surface area contributed by atoms with E-state index >= 15 is 0 Å². The molecule has 3 rings (SSSR count). The smallest absolute Gasteiger partial charge is 0.191 e. The van der Waals surface area contributed by atoms with Crippen molar-refractivity contribution in [1.29, 1.82) is 0 Å². The summed E-state index contributed by atoms with van der Waals surface area (Å²) in [6, 6.07) is 10.6. The van der Waals surface area contributed by atoms with Crippen LogP contribution >= 0.6 is 0 Å². The van der Waals surface area contributed by atoms with Crippen molar-refractivity contribution in [3.63, 3.8) is 0 Å². The van der Waals surface area contributed by atoms with Crippen LogP contribution in [-0.2, 0) is 13.0 Å². The lowest BCUT2D eigenvalue weighted by molar-refractivity contribution is 0.351. The molecule has 0 aliphatic heterocycles. The van der Waals surface area contributed by atoms with Crippen molar-refractivity contribution in [2.24, 2.45) is 4.99 Å². The second-order valence-electron chi connectivity index (χ2n) is 6.26. The van der Waals surface area contributed by atoms with Crippen LogP contribution < -0.4 is 20.1 Å². The van der Waals surface area contributed by atoms with E-state index in [0.29, 0.717) is 30.5 Å². The number of ether oxygens (including phenoxy) is 2. The average molecular weight is 384 g/mol. The van der Waals surface area contributed by atoms with Crippen LogP contribution in [0.3, 0.4) is 0 Å². The molecule has 7 heteroatoms. The Hall–Kier alpha value is -3.22.